The Bertz CT molecular complexity index is 325. The smallest absolute Gasteiger partial charge is 0.131 e. The molecule has 0 fully saturated rings. The predicted octanol–water partition coefficient (Wildman–Crippen LogP) is 2.35. The topological polar surface area (TPSA) is 43.8 Å². The molecule has 1 rings (SSSR count). The number of aryl methyl sites for hydroxylation is 2. The first-order valence-electron chi connectivity index (χ1n) is 5.07. The van der Waals surface area contributed by atoms with Gasteiger partial charge in [0.1, 0.15) is 5.15 Å². The summed E-state index contributed by atoms with van der Waals surface area (Å²) in [7, 11) is 1.86. The molecule has 0 radical (unpaired) electrons. The maximum absolute atomic E-state index is 6.12. The summed E-state index contributed by atoms with van der Waals surface area (Å²) in [6.45, 7) is 4.09. The zero-order valence-electron chi connectivity index (χ0n) is 9.46. The Morgan fingerprint density at radius 3 is 2.73 bits per heavy atom. The monoisotopic (exact) mass is 247 g/mol. The average Bonchev–Trinajstić information content (AvgIpc) is 2.44. The fourth-order valence-electron chi connectivity index (χ4n) is 1.27. The molecule has 86 valence electrons. The second-order valence-electron chi connectivity index (χ2n) is 3.66. The average molecular weight is 248 g/mol. The molecule has 0 aliphatic heterocycles. The standard InChI is InChI=1S/C10H18ClN3S/c1-4-8(12)5-15-6-9-7(2)13-14(3)10(9)11/h8H,4-6,12H2,1-3H3. The van der Waals surface area contributed by atoms with E-state index in [1.54, 1.807) is 4.68 Å². The summed E-state index contributed by atoms with van der Waals surface area (Å²) in [5.74, 6) is 1.87. The van der Waals surface area contributed by atoms with Gasteiger partial charge < -0.3 is 5.73 Å². The van der Waals surface area contributed by atoms with Gasteiger partial charge in [-0.25, -0.2) is 0 Å². The Morgan fingerprint density at radius 2 is 2.27 bits per heavy atom. The second-order valence-corrected chi connectivity index (χ2v) is 5.05. The zero-order valence-corrected chi connectivity index (χ0v) is 11.0. The fraction of sp³-hybridized carbons (Fsp3) is 0.700. The van der Waals surface area contributed by atoms with Gasteiger partial charge in [-0.05, 0) is 13.3 Å². The van der Waals surface area contributed by atoms with E-state index in [9.17, 15) is 0 Å². The first-order valence-corrected chi connectivity index (χ1v) is 6.60. The highest BCUT2D eigenvalue weighted by Crippen LogP contribution is 2.24. The van der Waals surface area contributed by atoms with Crippen LogP contribution >= 0.6 is 23.4 Å². The summed E-state index contributed by atoms with van der Waals surface area (Å²) in [6.07, 6.45) is 1.02. The van der Waals surface area contributed by atoms with Crippen LogP contribution in [-0.4, -0.2) is 21.6 Å². The molecule has 1 unspecified atom stereocenters. The predicted molar refractivity (Wildman–Crippen MR) is 67.4 cm³/mol. The van der Waals surface area contributed by atoms with E-state index in [2.05, 4.69) is 12.0 Å². The van der Waals surface area contributed by atoms with Crippen LogP contribution in [0.5, 0.6) is 0 Å². The van der Waals surface area contributed by atoms with E-state index in [4.69, 9.17) is 17.3 Å². The van der Waals surface area contributed by atoms with E-state index in [0.717, 1.165) is 34.3 Å². The van der Waals surface area contributed by atoms with Crippen molar-refractivity contribution in [1.82, 2.24) is 9.78 Å². The molecule has 0 saturated heterocycles. The minimum Gasteiger partial charge on any atom is -0.327 e. The fourth-order valence-corrected chi connectivity index (χ4v) is 2.79. The third kappa shape index (κ3) is 3.40. The largest absolute Gasteiger partial charge is 0.327 e. The maximum Gasteiger partial charge on any atom is 0.131 e. The van der Waals surface area contributed by atoms with E-state index >= 15 is 0 Å². The van der Waals surface area contributed by atoms with E-state index in [-0.39, 0.29) is 6.04 Å². The summed E-state index contributed by atoms with van der Waals surface area (Å²) < 4.78 is 1.71. The van der Waals surface area contributed by atoms with Gasteiger partial charge in [-0.3, -0.25) is 4.68 Å². The minimum atomic E-state index is 0.283. The Morgan fingerprint density at radius 1 is 1.60 bits per heavy atom. The van der Waals surface area contributed by atoms with Crippen molar-refractivity contribution in [1.29, 1.82) is 0 Å². The van der Waals surface area contributed by atoms with E-state index in [0.29, 0.717) is 0 Å². The number of aromatic nitrogens is 2. The lowest BCUT2D eigenvalue weighted by Crippen LogP contribution is -2.21. The van der Waals surface area contributed by atoms with Gasteiger partial charge in [0.2, 0.25) is 0 Å². The number of nitrogens with zero attached hydrogens (tertiary/aromatic N) is 2. The Labute approximate surface area is 100 Å². The summed E-state index contributed by atoms with van der Waals surface area (Å²) >= 11 is 7.94. The highest BCUT2D eigenvalue weighted by molar-refractivity contribution is 7.98. The number of hydrogen-bond donors (Lipinski definition) is 1. The molecule has 0 aliphatic rings. The van der Waals surface area contributed by atoms with Gasteiger partial charge in [-0.1, -0.05) is 18.5 Å². The minimum absolute atomic E-state index is 0.283. The molecule has 2 N–H and O–H groups in total. The molecular formula is C10H18ClN3S. The van der Waals surface area contributed by atoms with Gasteiger partial charge in [0.25, 0.3) is 0 Å². The van der Waals surface area contributed by atoms with Gasteiger partial charge >= 0.3 is 0 Å². The molecule has 0 bridgehead atoms. The third-order valence-corrected chi connectivity index (χ3v) is 4.00. The lowest BCUT2D eigenvalue weighted by Gasteiger charge is -2.07. The van der Waals surface area contributed by atoms with Crippen molar-refractivity contribution in [2.45, 2.75) is 32.1 Å². The molecule has 0 aliphatic carbocycles. The number of hydrogen-bond acceptors (Lipinski definition) is 3. The molecular weight excluding hydrogens is 230 g/mol. The van der Waals surface area contributed by atoms with Crippen molar-refractivity contribution in [2.75, 3.05) is 5.75 Å². The van der Waals surface area contributed by atoms with Crippen LogP contribution in [-0.2, 0) is 12.8 Å². The second kappa shape index (κ2) is 5.77. The molecule has 15 heavy (non-hydrogen) atoms. The van der Waals surface area contributed by atoms with E-state index in [1.165, 1.54) is 0 Å². The first kappa shape index (κ1) is 12.9. The Hall–Kier alpha value is -0.190. The lowest BCUT2D eigenvalue weighted by atomic mass is 10.3. The van der Waals surface area contributed by atoms with Crippen LogP contribution in [0.1, 0.15) is 24.6 Å². The molecule has 0 aromatic carbocycles. The van der Waals surface area contributed by atoms with Crippen molar-refractivity contribution in [3.8, 4) is 0 Å². The van der Waals surface area contributed by atoms with Crippen molar-refractivity contribution in [2.24, 2.45) is 12.8 Å². The summed E-state index contributed by atoms with van der Waals surface area (Å²) in [5, 5.41) is 5.01. The van der Waals surface area contributed by atoms with Crippen molar-refractivity contribution >= 4 is 23.4 Å². The summed E-state index contributed by atoms with van der Waals surface area (Å²) in [4.78, 5) is 0. The van der Waals surface area contributed by atoms with Crippen molar-refractivity contribution in [3.63, 3.8) is 0 Å². The van der Waals surface area contributed by atoms with Gasteiger partial charge in [0.05, 0.1) is 5.69 Å². The maximum atomic E-state index is 6.12. The van der Waals surface area contributed by atoms with E-state index < -0.39 is 0 Å². The highest BCUT2D eigenvalue weighted by atomic mass is 35.5. The molecule has 1 atom stereocenters. The number of rotatable bonds is 5. The molecule has 0 spiro atoms. The van der Waals surface area contributed by atoms with Crippen LogP contribution in [0.3, 0.4) is 0 Å². The lowest BCUT2D eigenvalue weighted by molar-refractivity contribution is 0.725. The van der Waals surface area contributed by atoms with Gasteiger partial charge in [0, 0.05) is 30.2 Å². The Balaban J connectivity index is 2.50. The highest BCUT2D eigenvalue weighted by Gasteiger charge is 2.11. The normalized spacial score (nSPS) is 13.1. The number of thioether (sulfide) groups is 1. The van der Waals surface area contributed by atoms with Crippen LogP contribution in [0.15, 0.2) is 0 Å². The number of halogens is 1. The third-order valence-electron chi connectivity index (χ3n) is 2.37. The summed E-state index contributed by atoms with van der Waals surface area (Å²) in [6, 6.07) is 0.283. The van der Waals surface area contributed by atoms with Gasteiger partial charge in [-0.2, -0.15) is 16.9 Å². The molecule has 0 saturated carbocycles. The SMILES string of the molecule is CCC(N)CSCc1c(C)nn(C)c1Cl. The number of nitrogens with two attached hydrogens (primary N) is 1. The van der Waals surface area contributed by atoms with Crippen molar-refractivity contribution in [3.05, 3.63) is 16.4 Å². The van der Waals surface area contributed by atoms with Crippen LogP contribution in [0, 0.1) is 6.92 Å². The molecule has 1 aromatic heterocycles. The van der Waals surface area contributed by atoms with Crippen LogP contribution in [0.2, 0.25) is 5.15 Å². The zero-order chi connectivity index (χ0) is 11.4. The first-order chi connectivity index (χ1) is 7.06. The molecule has 1 heterocycles. The van der Waals surface area contributed by atoms with Crippen LogP contribution < -0.4 is 5.73 Å². The van der Waals surface area contributed by atoms with Crippen molar-refractivity contribution < 1.29 is 0 Å². The summed E-state index contributed by atoms with van der Waals surface area (Å²) in [5.41, 5.74) is 7.99. The molecule has 1 aromatic rings. The van der Waals surface area contributed by atoms with Crippen LogP contribution in [0.25, 0.3) is 0 Å². The van der Waals surface area contributed by atoms with Gasteiger partial charge in [0.15, 0.2) is 0 Å². The van der Waals surface area contributed by atoms with E-state index in [1.807, 2.05) is 25.7 Å². The quantitative estimate of drug-likeness (QED) is 0.869. The molecule has 5 heteroatoms. The Kier molecular flexibility index (Phi) is 4.96. The van der Waals surface area contributed by atoms with Gasteiger partial charge in [-0.15, -0.1) is 0 Å². The molecule has 0 amide bonds. The molecule has 3 nitrogen and oxygen atoms in total. The van der Waals surface area contributed by atoms with Crippen LogP contribution in [0.4, 0.5) is 0 Å².